The van der Waals surface area contributed by atoms with E-state index in [1.54, 1.807) is 6.20 Å². The van der Waals surface area contributed by atoms with Crippen LogP contribution in [0.4, 0.5) is 0 Å². The van der Waals surface area contributed by atoms with E-state index in [0.29, 0.717) is 57.2 Å². The number of nitrogens with zero attached hydrogens (tertiary/aromatic N) is 2. The fourth-order valence-corrected chi connectivity index (χ4v) is 8.81. The van der Waals surface area contributed by atoms with E-state index in [2.05, 4.69) is 79.1 Å². The van der Waals surface area contributed by atoms with Crippen molar-refractivity contribution >= 4 is 11.8 Å². The highest BCUT2D eigenvalue weighted by Gasteiger charge is 2.59. The maximum atomic E-state index is 13.3. The van der Waals surface area contributed by atoms with Crippen molar-refractivity contribution in [2.24, 2.45) is 16.7 Å². The molecule has 0 radical (unpaired) electrons. The van der Waals surface area contributed by atoms with Crippen molar-refractivity contribution < 1.29 is 24.2 Å². The van der Waals surface area contributed by atoms with Gasteiger partial charge >= 0.3 is 0 Å². The third-order valence-corrected chi connectivity index (χ3v) is 12.4. The van der Waals surface area contributed by atoms with Gasteiger partial charge in [-0.2, -0.15) is 0 Å². The van der Waals surface area contributed by atoms with Gasteiger partial charge in [-0.15, -0.1) is 0 Å². The van der Waals surface area contributed by atoms with Gasteiger partial charge in [0.05, 0.1) is 53.3 Å². The number of carbonyl (C=O) groups excluding carboxylic acids is 2. The molecule has 4 aliphatic rings. The maximum Gasteiger partial charge on any atom is 0.229 e. The molecule has 4 fully saturated rings. The molecule has 2 aromatic carbocycles. The van der Waals surface area contributed by atoms with Crippen LogP contribution in [0.15, 0.2) is 60.9 Å². The number of aliphatic hydroxyl groups is 1. The van der Waals surface area contributed by atoms with Crippen LogP contribution in [-0.2, 0) is 32.2 Å². The molecule has 268 valence electrons. The average Bonchev–Trinajstić information content (AvgIpc) is 3.80. The number of nitrogens with one attached hydrogen (secondary N) is 4. The topological polar surface area (TPSA) is 154 Å². The molecule has 11 heteroatoms. The summed E-state index contributed by atoms with van der Waals surface area (Å²) in [5.41, 5.74) is 4.04. The fourth-order valence-electron chi connectivity index (χ4n) is 8.81. The Kier molecular flexibility index (Phi) is 9.29. The highest BCUT2D eigenvalue weighted by atomic mass is 16.5. The van der Waals surface area contributed by atoms with Gasteiger partial charge in [0.2, 0.25) is 11.8 Å². The van der Waals surface area contributed by atoms with E-state index in [4.69, 9.17) is 9.47 Å². The molecule has 0 atom stereocenters. The van der Waals surface area contributed by atoms with Crippen LogP contribution in [0.2, 0.25) is 0 Å². The Morgan fingerprint density at radius 1 is 0.667 bits per heavy atom. The largest absolute Gasteiger partial charge is 0.389 e. The Labute approximate surface area is 298 Å². The molecule has 4 aromatic rings. The lowest BCUT2D eigenvalue weighted by Crippen LogP contribution is -2.62. The molecule has 0 bridgehead atoms. The molecule has 2 saturated heterocycles. The molecule has 0 unspecified atom stereocenters. The first-order chi connectivity index (χ1) is 24.9. The van der Waals surface area contributed by atoms with Crippen LogP contribution in [0.1, 0.15) is 75.9 Å². The van der Waals surface area contributed by atoms with Gasteiger partial charge in [-0.25, -0.2) is 9.97 Å². The number of rotatable bonds is 11. The molecule has 5 N–H and O–H groups in total. The first kappa shape index (κ1) is 33.8. The summed E-state index contributed by atoms with van der Waals surface area (Å²) in [5.74, 6) is 1.91. The molecule has 0 spiro atoms. The maximum absolute atomic E-state index is 13.3. The second-order valence-corrected chi connectivity index (χ2v) is 15.0. The van der Waals surface area contributed by atoms with E-state index >= 15 is 0 Å². The van der Waals surface area contributed by atoms with E-state index in [1.165, 1.54) is 0 Å². The summed E-state index contributed by atoms with van der Waals surface area (Å²) < 4.78 is 11.0. The van der Waals surface area contributed by atoms with Crippen LogP contribution in [-0.4, -0.2) is 68.9 Å². The molecule has 4 heterocycles. The molecule has 2 saturated carbocycles. The van der Waals surface area contributed by atoms with Crippen molar-refractivity contribution in [1.29, 1.82) is 0 Å². The van der Waals surface area contributed by atoms with Crippen LogP contribution in [0.5, 0.6) is 0 Å². The average molecular weight is 693 g/mol. The summed E-state index contributed by atoms with van der Waals surface area (Å²) >= 11 is 0. The highest BCUT2D eigenvalue weighted by Crippen LogP contribution is 2.53. The summed E-state index contributed by atoms with van der Waals surface area (Å²) in [5, 5.41) is 17.6. The van der Waals surface area contributed by atoms with Gasteiger partial charge in [0.15, 0.2) is 0 Å². The van der Waals surface area contributed by atoms with E-state index in [9.17, 15) is 14.7 Å². The third-order valence-electron chi connectivity index (χ3n) is 12.4. The van der Waals surface area contributed by atoms with Crippen molar-refractivity contribution in [3.8, 4) is 33.6 Å². The standard InChI is InChI=1S/C40H48N6O5/c47-36(38(13-1-14-38)31-11-19-50-20-12-31)43-25-34-41-23-32(45-34)29-7-3-27(4-8-29)28-5-9-30(10-6-28)33-24-42-35(46-33)26-44-37(48)39(15-2-16-39)40(49)17-21-51-22-18-40/h3-10,23-24,31,49H,1-2,11-22,25-26H2,(H,41,45)(H,42,46)(H,43,47)(H,44,48). The van der Waals surface area contributed by atoms with Crippen LogP contribution in [0.3, 0.4) is 0 Å². The summed E-state index contributed by atoms with van der Waals surface area (Å²) in [7, 11) is 0. The monoisotopic (exact) mass is 692 g/mol. The van der Waals surface area contributed by atoms with Gasteiger partial charge in [0.25, 0.3) is 0 Å². The minimum atomic E-state index is -1.00. The first-order valence-corrected chi connectivity index (χ1v) is 18.6. The number of ether oxygens (including phenoxy) is 2. The number of hydrogen-bond donors (Lipinski definition) is 5. The van der Waals surface area contributed by atoms with Crippen LogP contribution in [0, 0.1) is 16.7 Å². The van der Waals surface area contributed by atoms with Gasteiger partial charge in [0, 0.05) is 39.3 Å². The predicted molar refractivity (Wildman–Crippen MR) is 192 cm³/mol. The molecule has 11 nitrogen and oxygen atoms in total. The van der Waals surface area contributed by atoms with Crippen LogP contribution in [0.25, 0.3) is 33.6 Å². The second-order valence-electron chi connectivity index (χ2n) is 15.0. The second kappa shape index (κ2) is 14.0. The minimum Gasteiger partial charge on any atom is -0.389 e. The van der Waals surface area contributed by atoms with Crippen molar-refractivity contribution in [3.05, 3.63) is 72.6 Å². The summed E-state index contributed by atoms with van der Waals surface area (Å²) in [6, 6.07) is 16.7. The Hall–Kier alpha value is -4.32. The summed E-state index contributed by atoms with van der Waals surface area (Å²) in [6.07, 6.45) is 12.0. The number of carbonyl (C=O) groups is 2. The quantitative estimate of drug-likeness (QED) is 0.136. The van der Waals surface area contributed by atoms with E-state index in [0.717, 1.165) is 91.2 Å². The minimum absolute atomic E-state index is 0.0915. The lowest BCUT2D eigenvalue weighted by Gasteiger charge is -2.53. The van der Waals surface area contributed by atoms with Crippen molar-refractivity contribution in [3.63, 3.8) is 0 Å². The van der Waals surface area contributed by atoms with E-state index < -0.39 is 11.0 Å². The number of H-pyrrole nitrogens is 2. The number of amides is 2. The smallest absolute Gasteiger partial charge is 0.229 e. The third kappa shape index (κ3) is 6.40. The van der Waals surface area contributed by atoms with Crippen LogP contribution < -0.4 is 10.6 Å². The number of benzene rings is 2. The van der Waals surface area contributed by atoms with Crippen LogP contribution >= 0.6 is 0 Å². The molecule has 2 amide bonds. The van der Waals surface area contributed by atoms with Crippen molar-refractivity contribution in [1.82, 2.24) is 30.6 Å². The molecule has 2 aromatic heterocycles. The van der Waals surface area contributed by atoms with Crippen molar-refractivity contribution in [2.45, 2.75) is 82.9 Å². The number of hydrogen-bond acceptors (Lipinski definition) is 7. The van der Waals surface area contributed by atoms with Crippen molar-refractivity contribution in [2.75, 3.05) is 26.4 Å². The van der Waals surface area contributed by atoms with Gasteiger partial charge in [0.1, 0.15) is 11.6 Å². The van der Waals surface area contributed by atoms with Gasteiger partial charge in [-0.3, -0.25) is 9.59 Å². The Morgan fingerprint density at radius 2 is 1.14 bits per heavy atom. The van der Waals surface area contributed by atoms with E-state index in [1.807, 2.05) is 6.20 Å². The molecular formula is C40H48N6O5. The zero-order valence-electron chi connectivity index (χ0n) is 29.1. The lowest BCUT2D eigenvalue weighted by molar-refractivity contribution is -0.186. The lowest BCUT2D eigenvalue weighted by atomic mass is 9.56. The molecule has 2 aliphatic carbocycles. The first-order valence-electron chi connectivity index (χ1n) is 18.6. The molecule has 8 rings (SSSR count). The van der Waals surface area contributed by atoms with E-state index in [-0.39, 0.29) is 23.8 Å². The zero-order chi connectivity index (χ0) is 34.9. The molecule has 2 aliphatic heterocycles. The summed E-state index contributed by atoms with van der Waals surface area (Å²) in [6.45, 7) is 3.16. The van der Waals surface area contributed by atoms with Gasteiger partial charge in [-0.1, -0.05) is 61.4 Å². The van der Waals surface area contributed by atoms with Gasteiger partial charge in [-0.05, 0) is 66.7 Å². The Balaban J connectivity index is 0.850. The number of aromatic nitrogens is 4. The highest BCUT2D eigenvalue weighted by molar-refractivity contribution is 5.85. The SMILES string of the molecule is O=C(NCc1ncc(-c2ccc(-c3ccc(-c4cnc(CNC(=O)C5(C6(O)CCOCC6)CCC5)[nH]4)cc3)cc2)[nH]1)C1(C2CCOCC2)CCC1. The zero-order valence-corrected chi connectivity index (χ0v) is 29.1. The predicted octanol–water partition coefficient (Wildman–Crippen LogP) is 5.67. The molecular weight excluding hydrogens is 644 g/mol. The number of aromatic amines is 2. The molecule has 51 heavy (non-hydrogen) atoms. The summed E-state index contributed by atoms with van der Waals surface area (Å²) in [4.78, 5) is 42.4. The Bertz CT molecular complexity index is 1830. The normalized spacial score (nSPS) is 20.9. The van der Waals surface area contributed by atoms with Gasteiger partial charge < -0.3 is 35.2 Å². The number of imidazole rings is 2. The Morgan fingerprint density at radius 3 is 1.61 bits per heavy atom. The fraction of sp³-hybridized carbons (Fsp3) is 0.500.